The summed E-state index contributed by atoms with van der Waals surface area (Å²) in [5, 5.41) is 139. The molecule has 0 aromatic rings. The van der Waals surface area contributed by atoms with Crippen LogP contribution < -0.4 is 0 Å². The van der Waals surface area contributed by atoms with E-state index in [1.165, 1.54) is 9.80 Å². The van der Waals surface area contributed by atoms with Crippen LogP contribution in [0.5, 0.6) is 0 Å². The van der Waals surface area contributed by atoms with Gasteiger partial charge in [-0.2, -0.15) is 0 Å². The molecule has 0 heterocycles. The van der Waals surface area contributed by atoms with Crippen LogP contribution in [0, 0.1) is 0 Å². The molecular weight excluding hydrogens is 1070 g/mol. The molecule has 80 heavy (non-hydrogen) atoms. The molecule has 0 saturated heterocycles. The van der Waals surface area contributed by atoms with E-state index in [0.29, 0.717) is 0 Å². The molecule has 0 saturated carbocycles. The van der Waals surface area contributed by atoms with Crippen LogP contribution in [0.2, 0.25) is 0 Å². The van der Waals surface area contributed by atoms with E-state index in [9.17, 15) is 90.7 Å². The Hall–Kier alpha value is -3.08. The van der Waals surface area contributed by atoms with Crippen molar-refractivity contribution in [2.24, 2.45) is 0 Å². The highest BCUT2D eigenvalue weighted by molar-refractivity contribution is 5.75. The third-order valence-electron chi connectivity index (χ3n) is 13.4. The van der Waals surface area contributed by atoms with Crippen LogP contribution in [0.4, 0.5) is 0 Å². The van der Waals surface area contributed by atoms with Gasteiger partial charge in [0.2, 0.25) is 0 Å². The van der Waals surface area contributed by atoms with E-state index in [1.807, 2.05) is 0 Å². The molecular formula is C48H104N10O22+4. The lowest BCUT2D eigenvalue weighted by molar-refractivity contribution is -1.09. The molecule has 14 N–H and O–H groups in total. The average Bonchev–Trinajstić information content (AvgIpc) is 3.38. The van der Waals surface area contributed by atoms with Crippen LogP contribution in [0.3, 0.4) is 0 Å². The summed E-state index contributed by atoms with van der Waals surface area (Å²) in [6.07, 6.45) is 0. The summed E-state index contributed by atoms with van der Waals surface area (Å²) >= 11 is 0. The highest BCUT2D eigenvalue weighted by Gasteiger charge is 2.39. The van der Waals surface area contributed by atoms with Gasteiger partial charge in [0.1, 0.15) is 105 Å². The van der Waals surface area contributed by atoms with E-state index in [-0.39, 0.29) is 197 Å². The van der Waals surface area contributed by atoms with Gasteiger partial charge in [-0.3, -0.25) is 48.7 Å². The van der Waals surface area contributed by atoms with E-state index in [0.717, 1.165) is 0 Å². The van der Waals surface area contributed by atoms with Gasteiger partial charge < -0.3 is 71.5 Å². The monoisotopic (exact) mass is 1170 g/mol. The van der Waals surface area contributed by atoms with Crippen LogP contribution in [0.15, 0.2) is 0 Å². The summed E-state index contributed by atoms with van der Waals surface area (Å²) in [6.45, 7) is -8.43. The largest absolute Gasteiger partial charge is 0.395 e. The number of hydrogen-bond acceptors (Lipinski definition) is 28. The minimum Gasteiger partial charge on any atom is -0.395 e. The Balaban J connectivity index is 7.70. The number of carbonyl (C=O) groups is 4. The standard InChI is InChI=1S/C48H104N10O22/c1-49(9-27-59)5-15-55(19-33-65,20-34-66)77-45(73)41-53(42-46(74)78-56(21-35-67,22-36-68)16-6-50(2)10-28-60)3-4-54(43-47(75)79-57(23-37-69,24-38-70)17-7-51(11-29-61)12-30-62)44-48(76)80-58(25-39-71,26-40-72)18-8-52(13-31-63)14-32-64/h59-72H,3-44H2,1-2H3/q+4. The zero-order valence-corrected chi connectivity index (χ0v) is 47.7. The Labute approximate surface area is 470 Å². The minimum atomic E-state index is -0.987. The van der Waals surface area contributed by atoms with Crippen LogP contribution >= 0.6 is 0 Å². The fourth-order valence-electron chi connectivity index (χ4n) is 8.92. The lowest BCUT2D eigenvalue weighted by atomic mass is 10.3. The summed E-state index contributed by atoms with van der Waals surface area (Å²) in [4.78, 5) is 90.3. The van der Waals surface area contributed by atoms with Gasteiger partial charge in [0.25, 0.3) is 0 Å². The summed E-state index contributed by atoms with van der Waals surface area (Å²) < 4.78 is -2.42. The summed E-state index contributed by atoms with van der Waals surface area (Å²) in [5.74, 6) is -3.88. The Bertz CT molecular complexity index is 1460. The maximum Gasteiger partial charge on any atom is 0.380 e. The van der Waals surface area contributed by atoms with E-state index in [1.54, 1.807) is 33.7 Å². The summed E-state index contributed by atoms with van der Waals surface area (Å²) in [5.41, 5.74) is 0. The predicted molar refractivity (Wildman–Crippen MR) is 284 cm³/mol. The third kappa shape index (κ3) is 32.7. The van der Waals surface area contributed by atoms with Crippen molar-refractivity contribution in [1.29, 1.82) is 0 Å². The molecule has 0 fully saturated rings. The van der Waals surface area contributed by atoms with Crippen molar-refractivity contribution >= 4 is 23.9 Å². The molecule has 0 aliphatic rings. The van der Waals surface area contributed by atoms with Gasteiger partial charge in [0, 0.05) is 52.4 Å². The molecule has 0 amide bonds. The molecule has 0 aliphatic heterocycles. The van der Waals surface area contributed by atoms with E-state index in [4.69, 9.17) is 19.4 Å². The third-order valence-corrected chi connectivity index (χ3v) is 13.4. The lowest BCUT2D eigenvalue weighted by Gasteiger charge is -2.37. The molecule has 0 unspecified atom stereocenters. The molecule has 0 bridgehead atoms. The first-order chi connectivity index (χ1) is 38.3. The fourth-order valence-corrected chi connectivity index (χ4v) is 8.92. The molecule has 32 nitrogen and oxygen atoms in total. The van der Waals surface area contributed by atoms with E-state index < -0.39 is 121 Å². The summed E-state index contributed by atoms with van der Waals surface area (Å²) in [7, 11) is 3.42. The molecule has 0 aromatic carbocycles. The molecule has 0 atom stereocenters. The predicted octanol–water partition coefficient (Wildman–Crippen LogP) is -10.9. The minimum absolute atomic E-state index is 0.0344. The van der Waals surface area contributed by atoms with Gasteiger partial charge in [-0.25, -0.2) is 19.2 Å². The Morgan fingerprint density at radius 3 is 0.637 bits per heavy atom. The van der Waals surface area contributed by atoms with Crippen LogP contribution in [0.1, 0.15) is 0 Å². The first-order valence-corrected chi connectivity index (χ1v) is 27.5. The number of nitrogens with zero attached hydrogens (tertiary/aromatic N) is 10. The van der Waals surface area contributed by atoms with Crippen LogP contribution in [-0.2, 0) is 38.5 Å². The fraction of sp³-hybridized carbons (Fsp3) is 0.917. The number of aliphatic hydroxyl groups is 14. The van der Waals surface area contributed by atoms with Crippen molar-refractivity contribution in [3.8, 4) is 0 Å². The Morgan fingerprint density at radius 2 is 0.450 bits per heavy atom. The van der Waals surface area contributed by atoms with Crippen molar-refractivity contribution in [3.05, 3.63) is 0 Å². The van der Waals surface area contributed by atoms with Crippen LogP contribution in [0.25, 0.3) is 0 Å². The van der Waals surface area contributed by atoms with E-state index in [2.05, 4.69) is 0 Å². The van der Waals surface area contributed by atoms with Gasteiger partial charge in [0.15, 0.2) is 0 Å². The van der Waals surface area contributed by atoms with Gasteiger partial charge in [0.05, 0.1) is 119 Å². The maximum atomic E-state index is 14.3. The number of hydrogen-bond donors (Lipinski definition) is 14. The number of aliphatic hydroxyl groups excluding tert-OH is 14. The molecule has 474 valence electrons. The molecule has 0 aromatic heterocycles. The summed E-state index contributed by atoms with van der Waals surface area (Å²) in [6, 6.07) is 0. The molecule has 32 heteroatoms. The molecule has 0 spiro atoms. The van der Waals surface area contributed by atoms with Gasteiger partial charge in [-0.05, 0) is 14.1 Å². The van der Waals surface area contributed by atoms with Gasteiger partial charge in [-0.1, -0.05) is 0 Å². The van der Waals surface area contributed by atoms with Crippen molar-refractivity contribution in [1.82, 2.24) is 29.4 Å². The maximum absolute atomic E-state index is 14.3. The highest BCUT2D eigenvalue weighted by atomic mass is 16.8. The number of hydroxylamine groups is 12. The first kappa shape index (κ1) is 76.9. The highest BCUT2D eigenvalue weighted by Crippen LogP contribution is 2.16. The smallest absolute Gasteiger partial charge is 0.380 e. The zero-order chi connectivity index (χ0) is 60.3. The number of quaternary nitrogens is 4. The Morgan fingerprint density at radius 1 is 0.250 bits per heavy atom. The zero-order valence-electron chi connectivity index (χ0n) is 47.7. The first-order valence-electron chi connectivity index (χ1n) is 27.5. The quantitative estimate of drug-likeness (QED) is 0.0199. The average molecular weight is 1170 g/mol. The number of rotatable bonds is 55. The SMILES string of the molecule is CN(CCO)CC[N+](CCO)(CCO)OC(=O)CN(CCN(CC(=O)O[N+](CCO)(CCO)CCN(CCO)CCO)CC(=O)O[N+](CCO)(CCO)CCN(CCO)CCO)CC(=O)O[N+](CCO)(CCO)CCN(C)CCO. The van der Waals surface area contributed by atoms with Gasteiger partial charge in [-0.15, -0.1) is 18.6 Å². The molecule has 0 radical (unpaired) electrons. The van der Waals surface area contributed by atoms with Crippen molar-refractivity contribution in [2.75, 3.05) is 290 Å². The number of likely N-dealkylation sites (N-methyl/N-ethyl adjacent to an activating group) is 2. The van der Waals surface area contributed by atoms with Crippen LogP contribution in [-0.4, -0.2) is 433 Å². The Kier molecular flexibility index (Phi) is 43.6. The lowest BCUT2D eigenvalue weighted by Crippen LogP contribution is -2.58. The molecule has 0 aliphatic carbocycles. The van der Waals surface area contributed by atoms with E-state index >= 15 is 0 Å². The molecule has 0 rings (SSSR count). The van der Waals surface area contributed by atoms with Crippen molar-refractivity contribution < 1.29 is 129 Å². The van der Waals surface area contributed by atoms with Gasteiger partial charge >= 0.3 is 23.9 Å². The second-order valence-electron chi connectivity index (χ2n) is 19.6. The second-order valence-corrected chi connectivity index (χ2v) is 19.6. The van der Waals surface area contributed by atoms with Crippen molar-refractivity contribution in [2.45, 2.75) is 0 Å². The number of carbonyl (C=O) groups excluding carboxylic acids is 4. The normalized spacial score (nSPS) is 12.7. The second kappa shape index (κ2) is 45.4. The topological polar surface area (TPSA) is 408 Å². The van der Waals surface area contributed by atoms with Crippen molar-refractivity contribution in [3.63, 3.8) is 0 Å².